The van der Waals surface area contributed by atoms with Crippen molar-refractivity contribution in [3.05, 3.63) is 35.8 Å². The fourth-order valence-corrected chi connectivity index (χ4v) is 6.41. The first kappa shape index (κ1) is 23.6. The molecule has 2 aliphatic rings. The molecular weight excluding hydrogens is 394 g/mol. The Bertz CT molecular complexity index is 830. The second-order valence-corrected chi connectivity index (χ2v) is 10.0. The van der Waals surface area contributed by atoms with Gasteiger partial charge in [-0.05, 0) is 81.3 Å². The summed E-state index contributed by atoms with van der Waals surface area (Å²) < 4.78 is 10.9. The Hall–Kier alpha value is -2.08. The molecule has 0 aliphatic heterocycles. The average Bonchev–Trinajstić information content (AvgIpc) is 3.17. The molecule has 2 N–H and O–H groups in total. The number of ether oxygens (including phenoxy) is 1. The minimum absolute atomic E-state index is 0.0238. The highest BCUT2D eigenvalue weighted by Gasteiger charge is 2.57. The standard InChI is InChI=1S/C25H37NO5/c1-16-7-10-21-24(3,12-6-13-25(21,4)23(29)30-5)19(16)9-8-18-11-14-31-20(18)15-26-17(2)22(27)28/h11,14,17,19,21,26H,1,6-10,12-13,15H2,2-5H3,(H,27,28)/t17-,19-,21+,24+,25-/m0/s1. The third-order valence-electron chi connectivity index (χ3n) is 8.24. The highest BCUT2D eigenvalue weighted by molar-refractivity contribution is 5.77. The molecule has 2 fully saturated rings. The van der Waals surface area contributed by atoms with Crippen LogP contribution in [0.4, 0.5) is 0 Å². The molecule has 0 spiro atoms. The van der Waals surface area contributed by atoms with Crippen molar-refractivity contribution < 1.29 is 29.2 Å². The number of hydrogen-bond donors (Lipinski definition) is 1. The lowest BCUT2D eigenvalue weighted by molar-refractivity contribution is -0.696. The van der Waals surface area contributed by atoms with Crippen LogP contribution >= 0.6 is 0 Å². The number of carbonyl (C=O) groups excluding carboxylic acids is 2. The maximum Gasteiger partial charge on any atom is 0.311 e. The zero-order valence-corrected chi connectivity index (χ0v) is 19.4. The topological polar surface area (TPSA) is 96.2 Å². The lowest BCUT2D eigenvalue weighted by atomic mass is 9.46. The molecule has 0 saturated heterocycles. The summed E-state index contributed by atoms with van der Waals surface area (Å²) in [5.74, 6) is 0.294. The molecule has 5 atom stereocenters. The molecule has 172 valence electrons. The van der Waals surface area contributed by atoms with E-state index >= 15 is 0 Å². The second-order valence-electron chi connectivity index (χ2n) is 10.0. The number of furan rings is 1. The lowest BCUT2D eigenvalue weighted by Crippen LogP contribution is -2.90. The first-order valence-electron chi connectivity index (χ1n) is 11.5. The van der Waals surface area contributed by atoms with Crippen LogP contribution in [0.15, 0.2) is 28.9 Å². The van der Waals surface area contributed by atoms with Crippen molar-refractivity contribution in [1.82, 2.24) is 0 Å². The van der Waals surface area contributed by atoms with E-state index in [1.165, 1.54) is 12.7 Å². The molecule has 2 saturated carbocycles. The van der Waals surface area contributed by atoms with Crippen LogP contribution < -0.4 is 10.4 Å². The summed E-state index contributed by atoms with van der Waals surface area (Å²) in [5, 5.41) is 12.7. The first-order chi connectivity index (χ1) is 14.6. The van der Waals surface area contributed by atoms with E-state index in [1.54, 1.807) is 18.5 Å². The second kappa shape index (κ2) is 9.19. The van der Waals surface area contributed by atoms with Gasteiger partial charge in [0.25, 0.3) is 0 Å². The third-order valence-corrected chi connectivity index (χ3v) is 8.24. The molecule has 0 amide bonds. The number of hydrogen-bond acceptors (Lipinski definition) is 5. The quantitative estimate of drug-likeness (QED) is 0.504. The number of allylic oxidation sites excluding steroid dienone is 1. The summed E-state index contributed by atoms with van der Waals surface area (Å²) >= 11 is 0. The number of nitrogens with two attached hydrogens (primary N) is 1. The number of quaternary nitrogens is 1. The van der Waals surface area contributed by atoms with Gasteiger partial charge in [0.05, 0.1) is 24.8 Å². The Morgan fingerprint density at radius 3 is 2.81 bits per heavy atom. The highest BCUT2D eigenvalue weighted by atomic mass is 16.5. The molecule has 6 heteroatoms. The van der Waals surface area contributed by atoms with E-state index in [4.69, 9.17) is 9.15 Å². The molecule has 0 radical (unpaired) electrons. The van der Waals surface area contributed by atoms with Crippen molar-refractivity contribution in [2.24, 2.45) is 22.7 Å². The number of fused-ring (bicyclic) bond motifs is 1. The molecular formula is C25H37NO5. The van der Waals surface area contributed by atoms with Crippen LogP contribution in [-0.4, -0.2) is 25.1 Å². The van der Waals surface area contributed by atoms with Crippen LogP contribution in [0.1, 0.15) is 70.6 Å². The number of methoxy groups -OCH3 is 1. The molecule has 6 nitrogen and oxygen atoms in total. The van der Waals surface area contributed by atoms with E-state index in [0.717, 1.165) is 56.3 Å². The summed E-state index contributed by atoms with van der Waals surface area (Å²) in [6.45, 7) is 11.0. The molecule has 1 heterocycles. The maximum absolute atomic E-state index is 12.7. The molecule has 3 rings (SSSR count). The van der Waals surface area contributed by atoms with Crippen molar-refractivity contribution in [2.45, 2.75) is 78.3 Å². The van der Waals surface area contributed by atoms with Gasteiger partial charge in [-0.15, -0.1) is 0 Å². The average molecular weight is 432 g/mol. The number of carboxylic acids is 1. The van der Waals surface area contributed by atoms with E-state index in [1.807, 2.05) is 6.07 Å². The van der Waals surface area contributed by atoms with Gasteiger partial charge >= 0.3 is 5.97 Å². The van der Waals surface area contributed by atoms with Crippen molar-refractivity contribution in [3.63, 3.8) is 0 Å². The fourth-order valence-electron chi connectivity index (χ4n) is 6.41. The number of aryl methyl sites for hydroxylation is 1. The molecule has 1 aromatic rings. The van der Waals surface area contributed by atoms with Gasteiger partial charge in [-0.3, -0.25) is 4.79 Å². The van der Waals surface area contributed by atoms with E-state index in [-0.39, 0.29) is 17.3 Å². The Balaban J connectivity index is 1.75. The Morgan fingerprint density at radius 1 is 1.39 bits per heavy atom. The molecule has 0 bridgehead atoms. The van der Waals surface area contributed by atoms with Crippen LogP contribution in [0, 0.1) is 22.7 Å². The van der Waals surface area contributed by atoms with Crippen LogP contribution in [0.2, 0.25) is 0 Å². The van der Waals surface area contributed by atoms with E-state index in [0.29, 0.717) is 12.5 Å². The van der Waals surface area contributed by atoms with Crippen molar-refractivity contribution >= 4 is 11.9 Å². The summed E-state index contributed by atoms with van der Waals surface area (Å²) in [4.78, 5) is 23.7. The summed E-state index contributed by atoms with van der Waals surface area (Å²) in [5.41, 5.74) is 2.00. The van der Waals surface area contributed by atoms with Gasteiger partial charge < -0.3 is 24.4 Å². The van der Waals surface area contributed by atoms with Crippen molar-refractivity contribution in [3.8, 4) is 0 Å². The van der Waals surface area contributed by atoms with E-state index in [9.17, 15) is 14.7 Å². The van der Waals surface area contributed by atoms with Gasteiger partial charge in [0, 0.05) is 0 Å². The Kier molecular flexibility index (Phi) is 6.99. The maximum atomic E-state index is 12.7. The highest BCUT2D eigenvalue weighted by Crippen LogP contribution is 2.62. The normalized spacial score (nSPS) is 31.7. The zero-order chi connectivity index (χ0) is 22.8. The van der Waals surface area contributed by atoms with Crippen molar-refractivity contribution in [1.29, 1.82) is 0 Å². The van der Waals surface area contributed by atoms with Crippen LogP contribution in [0.5, 0.6) is 0 Å². The summed E-state index contributed by atoms with van der Waals surface area (Å²) in [6, 6.07) is 1.37. The van der Waals surface area contributed by atoms with Crippen molar-refractivity contribution in [2.75, 3.05) is 7.11 Å². The molecule has 0 unspecified atom stereocenters. The van der Waals surface area contributed by atoms with E-state index in [2.05, 4.69) is 20.4 Å². The smallest absolute Gasteiger partial charge is 0.311 e. The molecule has 0 aromatic carbocycles. The number of aliphatic carboxylic acids is 1. The summed E-state index contributed by atoms with van der Waals surface area (Å²) in [7, 11) is 1.50. The molecule has 2 aliphatic carbocycles. The first-order valence-corrected chi connectivity index (χ1v) is 11.5. The zero-order valence-electron chi connectivity index (χ0n) is 19.4. The lowest BCUT2D eigenvalue weighted by Gasteiger charge is -2.57. The van der Waals surface area contributed by atoms with Gasteiger partial charge in [0.15, 0.2) is 5.76 Å². The third kappa shape index (κ3) is 4.45. The minimum Gasteiger partial charge on any atom is -0.544 e. The predicted octanol–water partition coefficient (Wildman–Crippen LogP) is 2.37. The Labute approximate surface area is 185 Å². The van der Waals surface area contributed by atoms with Crippen LogP contribution in [-0.2, 0) is 27.3 Å². The molecule has 31 heavy (non-hydrogen) atoms. The van der Waals surface area contributed by atoms with Gasteiger partial charge in [0.1, 0.15) is 12.6 Å². The van der Waals surface area contributed by atoms with Crippen LogP contribution in [0.3, 0.4) is 0 Å². The van der Waals surface area contributed by atoms with Gasteiger partial charge in [0.2, 0.25) is 0 Å². The Morgan fingerprint density at radius 2 is 2.13 bits per heavy atom. The number of esters is 1. The van der Waals surface area contributed by atoms with Crippen LogP contribution in [0.25, 0.3) is 0 Å². The van der Waals surface area contributed by atoms with Gasteiger partial charge in [-0.1, -0.05) is 25.5 Å². The van der Waals surface area contributed by atoms with E-state index < -0.39 is 17.4 Å². The van der Waals surface area contributed by atoms with Gasteiger partial charge in [-0.25, -0.2) is 0 Å². The fraction of sp³-hybridized carbons (Fsp3) is 0.680. The number of rotatable bonds is 8. The predicted molar refractivity (Wildman–Crippen MR) is 115 cm³/mol. The summed E-state index contributed by atoms with van der Waals surface area (Å²) in [6.07, 6.45) is 8.43. The monoisotopic (exact) mass is 431 g/mol. The number of carbonyl (C=O) groups is 2. The largest absolute Gasteiger partial charge is 0.544 e. The SMILES string of the molecule is C=C1CC[C@@H]2[C@](C)(CCC[C@]2(C)C(=O)OC)[C@H]1CCc1ccoc1C[NH2+][C@@H](C)C(=O)[O-]. The number of carboxylic acid groups (broad SMARTS) is 1. The molecule has 1 aromatic heterocycles. The van der Waals surface area contributed by atoms with Gasteiger partial charge in [-0.2, -0.15) is 0 Å². The minimum atomic E-state index is -1.07.